The summed E-state index contributed by atoms with van der Waals surface area (Å²) in [5.41, 5.74) is 0.880. The second kappa shape index (κ2) is 2.84. The fourth-order valence-electron chi connectivity index (χ4n) is 1.61. The molecular formula is C8H8N4OS. The molecule has 0 fully saturated rings. The number of nitrogens with one attached hydrogen (secondary N) is 1. The molecule has 1 N–H and O–H groups in total. The van der Waals surface area contributed by atoms with E-state index >= 15 is 0 Å². The number of fused-ring (bicyclic) bond motifs is 2. The van der Waals surface area contributed by atoms with Crippen molar-refractivity contribution in [2.24, 2.45) is 0 Å². The molecule has 2 aromatic rings. The Bertz CT molecular complexity index is 544. The van der Waals surface area contributed by atoms with E-state index in [0.29, 0.717) is 5.78 Å². The van der Waals surface area contributed by atoms with Crippen LogP contribution in [0.4, 0.5) is 0 Å². The summed E-state index contributed by atoms with van der Waals surface area (Å²) in [5.74, 6) is 1.47. The Kier molecular flexibility index (Phi) is 1.63. The molecule has 0 aliphatic carbocycles. The third-order valence-corrected chi connectivity index (χ3v) is 3.46. The molecule has 72 valence electrons. The third kappa shape index (κ3) is 1.00. The average Bonchev–Trinajstić information content (AvgIpc) is 2.66. The van der Waals surface area contributed by atoms with Gasteiger partial charge in [-0.15, -0.1) is 11.8 Å². The Morgan fingerprint density at radius 3 is 3.43 bits per heavy atom. The quantitative estimate of drug-likeness (QED) is 0.683. The Hall–Kier alpha value is -1.30. The monoisotopic (exact) mass is 208 g/mol. The van der Waals surface area contributed by atoms with Crippen LogP contribution in [-0.4, -0.2) is 25.3 Å². The van der Waals surface area contributed by atoms with E-state index in [0.717, 1.165) is 29.2 Å². The average molecular weight is 208 g/mol. The van der Waals surface area contributed by atoms with E-state index in [4.69, 9.17) is 0 Å². The van der Waals surface area contributed by atoms with E-state index < -0.39 is 0 Å². The van der Waals surface area contributed by atoms with Crippen LogP contribution in [0.3, 0.4) is 0 Å². The minimum atomic E-state index is -0.0211. The van der Waals surface area contributed by atoms with E-state index in [1.807, 2.05) is 0 Å². The molecule has 0 bridgehead atoms. The first-order valence-corrected chi connectivity index (χ1v) is 5.42. The topological polar surface area (TPSA) is 63.0 Å². The predicted molar refractivity (Wildman–Crippen MR) is 52.7 cm³/mol. The largest absolute Gasteiger partial charge is 0.287 e. The Labute approximate surface area is 83.6 Å². The molecule has 3 rings (SSSR count). The molecule has 0 atom stereocenters. The summed E-state index contributed by atoms with van der Waals surface area (Å²) in [6.45, 7) is 0. The van der Waals surface area contributed by atoms with E-state index in [9.17, 15) is 4.79 Å². The standard InChI is InChI=1S/C8H8N4OS/c13-7-6-5(2-1-3-14-6)11-8-9-4-10-12(7)8/h4H,1-3H2,(H,9,10,11). The van der Waals surface area contributed by atoms with Gasteiger partial charge < -0.3 is 0 Å². The van der Waals surface area contributed by atoms with Crippen LogP contribution in [0.2, 0.25) is 0 Å². The number of nitrogens with zero attached hydrogens (tertiary/aromatic N) is 3. The Morgan fingerprint density at radius 2 is 2.50 bits per heavy atom. The lowest BCUT2D eigenvalue weighted by molar-refractivity contribution is 0.783. The summed E-state index contributed by atoms with van der Waals surface area (Å²) in [7, 11) is 0. The van der Waals surface area contributed by atoms with Crippen molar-refractivity contribution >= 4 is 17.5 Å². The maximum Gasteiger partial charge on any atom is 0.287 e. The second-order valence-corrected chi connectivity index (χ2v) is 4.27. The second-order valence-electron chi connectivity index (χ2n) is 3.17. The Morgan fingerprint density at radius 1 is 1.57 bits per heavy atom. The summed E-state index contributed by atoms with van der Waals surface area (Å²) >= 11 is 1.59. The van der Waals surface area contributed by atoms with Crippen molar-refractivity contribution in [3.05, 3.63) is 22.4 Å². The van der Waals surface area contributed by atoms with Gasteiger partial charge in [0.1, 0.15) is 6.33 Å². The highest BCUT2D eigenvalue weighted by molar-refractivity contribution is 7.99. The van der Waals surface area contributed by atoms with Gasteiger partial charge in [0.15, 0.2) is 0 Å². The van der Waals surface area contributed by atoms with Crippen LogP contribution in [0.25, 0.3) is 5.78 Å². The van der Waals surface area contributed by atoms with Gasteiger partial charge in [-0.3, -0.25) is 9.89 Å². The van der Waals surface area contributed by atoms with Crippen LogP contribution in [0, 0.1) is 0 Å². The van der Waals surface area contributed by atoms with Crippen molar-refractivity contribution in [3.63, 3.8) is 0 Å². The first-order valence-electron chi connectivity index (χ1n) is 4.44. The number of rotatable bonds is 0. The van der Waals surface area contributed by atoms with Crippen molar-refractivity contribution in [1.29, 1.82) is 0 Å². The van der Waals surface area contributed by atoms with Crippen molar-refractivity contribution in [2.75, 3.05) is 5.75 Å². The van der Waals surface area contributed by atoms with Gasteiger partial charge in [0, 0.05) is 0 Å². The molecule has 0 aromatic carbocycles. The van der Waals surface area contributed by atoms with Crippen LogP contribution in [0.1, 0.15) is 12.1 Å². The number of aryl methyl sites for hydroxylation is 1. The summed E-state index contributed by atoms with van der Waals surface area (Å²) in [5, 5.41) is 2.76. The van der Waals surface area contributed by atoms with Crippen LogP contribution in [0.15, 0.2) is 16.0 Å². The number of hydrogen-bond donors (Lipinski definition) is 1. The molecule has 0 spiro atoms. The lowest BCUT2D eigenvalue weighted by atomic mass is 10.2. The minimum absolute atomic E-state index is 0.0211. The maximum atomic E-state index is 11.9. The molecule has 0 saturated carbocycles. The normalized spacial score (nSPS) is 15.7. The molecule has 6 heteroatoms. The molecule has 0 saturated heterocycles. The van der Waals surface area contributed by atoms with Crippen LogP contribution in [0.5, 0.6) is 0 Å². The SMILES string of the molecule is O=c1c2c(nc3nc[nH]n13)CCCS2. The predicted octanol–water partition coefficient (Wildman–Crippen LogP) is 0.456. The number of thioether (sulfide) groups is 1. The van der Waals surface area contributed by atoms with E-state index in [1.54, 1.807) is 11.8 Å². The van der Waals surface area contributed by atoms with Gasteiger partial charge in [-0.1, -0.05) is 0 Å². The van der Waals surface area contributed by atoms with Gasteiger partial charge in [0.05, 0.1) is 10.6 Å². The highest BCUT2D eigenvalue weighted by Crippen LogP contribution is 2.25. The minimum Gasteiger partial charge on any atom is -0.278 e. The molecule has 14 heavy (non-hydrogen) atoms. The molecule has 0 unspecified atom stereocenters. The number of H-pyrrole nitrogens is 1. The first kappa shape index (κ1) is 8.05. The van der Waals surface area contributed by atoms with Gasteiger partial charge in [0.2, 0.25) is 0 Å². The number of aromatic nitrogens is 4. The highest BCUT2D eigenvalue weighted by Gasteiger charge is 2.17. The molecule has 0 radical (unpaired) electrons. The summed E-state index contributed by atoms with van der Waals surface area (Å²) < 4.78 is 1.39. The summed E-state index contributed by atoms with van der Waals surface area (Å²) in [6.07, 6.45) is 3.46. The molecule has 1 aliphatic heterocycles. The zero-order valence-electron chi connectivity index (χ0n) is 7.36. The van der Waals surface area contributed by atoms with Gasteiger partial charge in [-0.05, 0) is 18.6 Å². The van der Waals surface area contributed by atoms with E-state index in [1.165, 1.54) is 10.8 Å². The highest BCUT2D eigenvalue weighted by atomic mass is 32.2. The Balaban J connectivity index is 2.42. The van der Waals surface area contributed by atoms with Crippen LogP contribution in [-0.2, 0) is 6.42 Å². The molecule has 5 nitrogen and oxygen atoms in total. The summed E-state index contributed by atoms with van der Waals surface area (Å²) in [6, 6.07) is 0. The third-order valence-electron chi connectivity index (χ3n) is 2.27. The summed E-state index contributed by atoms with van der Waals surface area (Å²) in [4.78, 5) is 21.0. The lowest BCUT2D eigenvalue weighted by Gasteiger charge is -2.12. The van der Waals surface area contributed by atoms with Gasteiger partial charge in [-0.25, -0.2) is 9.97 Å². The zero-order valence-corrected chi connectivity index (χ0v) is 8.17. The maximum absolute atomic E-state index is 11.9. The molecular weight excluding hydrogens is 200 g/mol. The first-order chi connectivity index (χ1) is 6.86. The van der Waals surface area contributed by atoms with Crippen molar-refractivity contribution in [2.45, 2.75) is 17.7 Å². The van der Waals surface area contributed by atoms with Gasteiger partial charge in [-0.2, -0.15) is 4.52 Å². The molecule has 3 heterocycles. The van der Waals surface area contributed by atoms with Crippen molar-refractivity contribution in [3.8, 4) is 0 Å². The van der Waals surface area contributed by atoms with E-state index in [-0.39, 0.29) is 5.56 Å². The fraction of sp³-hybridized carbons (Fsp3) is 0.375. The van der Waals surface area contributed by atoms with Crippen molar-refractivity contribution < 1.29 is 0 Å². The zero-order chi connectivity index (χ0) is 9.54. The molecule has 1 aliphatic rings. The van der Waals surface area contributed by atoms with E-state index in [2.05, 4.69) is 15.1 Å². The number of hydrogen-bond acceptors (Lipinski definition) is 4. The van der Waals surface area contributed by atoms with Crippen LogP contribution < -0.4 is 5.56 Å². The van der Waals surface area contributed by atoms with Gasteiger partial charge >= 0.3 is 0 Å². The van der Waals surface area contributed by atoms with Gasteiger partial charge in [0.25, 0.3) is 11.3 Å². The fourth-order valence-corrected chi connectivity index (χ4v) is 2.63. The smallest absolute Gasteiger partial charge is 0.278 e. The number of aromatic amines is 1. The van der Waals surface area contributed by atoms with Crippen LogP contribution >= 0.6 is 11.8 Å². The molecule has 0 amide bonds. The van der Waals surface area contributed by atoms with Crippen molar-refractivity contribution in [1.82, 2.24) is 19.6 Å². The lowest BCUT2D eigenvalue weighted by Crippen LogP contribution is -2.21. The molecule has 2 aromatic heterocycles.